The van der Waals surface area contributed by atoms with Crippen LogP contribution in [0.4, 0.5) is 10.8 Å². The standard InChI is InChI=1S/C19H15N5O2S2/c1-11(25)21-13-4-5-15-16(7-13)28-19(23-15)24-17(26)8-14-10-27-18(22-14)12-3-2-6-20-9-12/h2-7,9-10H,8H2,1H3,(H,21,25)(H,23,24,26). The SMILES string of the molecule is CC(=O)Nc1ccc2nc(NC(=O)Cc3csc(-c4cccnc4)n3)sc2c1. The first-order valence-electron chi connectivity index (χ1n) is 8.39. The number of hydrogen-bond acceptors (Lipinski definition) is 7. The van der Waals surface area contributed by atoms with E-state index in [1.54, 1.807) is 18.5 Å². The van der Waals surface area contributed by atoms with E-state index in [4.69, 9.17) is 0 Å². The van der Waals surface area contributed by atoms with E-state index in [-0.39, 0.29) is 18.2 Å². The van der Waals surface area contributed by atoms with Crippen molar-refractivity contribution in [1.82, 2.24) is 15.0 Å². The Morgan fingerprint density at radius 1 is 1.14 bits per heavy atom. The number of pyridine rings is 1. The summed E-state index contributed by atoms with van der Waals surface area (Å²) in [5.74, 6) is -0.310. The Bertz CT molecular complexity index is 1150. The van der Waals surface area contributed by atoms with Crippen molar-refractivity contribution in [2.75, 3.05) is 10.6 Å². The maximum absolute atomic E-state index is 12.4. The van der Waals surface area contributed by atoms with Gasteiger partial charge in [-0.3, -0.25) is 14.6 Å². The lowest BCUT2D eigenvalue weighted by Crippen LogP contribution is -2.14. The smallest absolute Gasteiger partial charge is 0.232 e. The highest BCUT2D eigenvalue weighted by Gasteiger charge is 2.12. The molecule has 1 aromatic carbocycles. The summed E-state index contributed by atoms with van der Waals surface area (Å²) in [6, 6.07) is 9.22. The molecule has 0 aliphatic carbocycles. The van der Waals surface area contributed by atoms with Crippen molar-refractivity contribution in [3.8, 4) is 10.6 Å². The van der Waals surface area contributed by atoms with Crippen LogP contribution in [0, 0.1) is 0 Å². The Morgan fingerprint density at radius 2 is 2.04 bits per heavy atom. The second kappa shape index (κ2) is 7.83. The van der Waals surface area contributed by atoms with Gasteiger partial charge in [0.15, 0.2) is 5.13 Å². The molecule has 0 fully saturated rings. The third-order valence-electron chi connectivity index (χ3n) is 3.76. The molecule has 2 amide bonds. The van der Waals surface area contributed by atoms with Crippen LogP contribution in [0.5, 0.6) is 0 Å². The number of nitrogens with zero attached hydrogens (tertiary/aromatic N) is 3. The average molecular weight is 409 g/mol. The minimum Gasteiger partial charge on any atom is -0.326 e. The van der Waals surface area contributed by atoms with Crippen LogP contribution in [0.1, 0.15) is 12.6 Å². The van der Waals surface area contributed by atoms with Gasteiger partial charge >= 0.3 is 0 Å². The van der Waals surface area contributed by atoms with Crippen molar-refractivity contribution >= 4 is 55.5 Å². The average Bonchev–Trinajstić information content (AvgIpc) is 3.28. The van der Waals surface area contributed by atoms with E-state index in [0.29, 0.717) is 16.5 Å². The molecule has 0 aliphatic rings. The molecular weight excluding hydrogens is 394 g/mol. The number of carbonyl (C=O) groups excluding carboxylic acids is 2. The van der Waals surface area contributed by atoms with Gasteiger partial charge in [0.1, 0.15) is 5.01 Å². The maximum Gasteiger partial charge on any atom is 0.232 e. The largest absolute Gasteiger partial charge is 0.326 e. The van der Waals surface area contributed by atoms with E-state index in [1.165, 1.54) is 29.6 Å². The van der Waals surface area contributed by atoms with Crippen LogP contribution in [0.15, 0.2) is 48.1 Å². The van der Waals surface area contributed by atoms with Crippen LogP contribution in [0.2, 0.25) is 0 Å². The Labute approximate surface area is 168 Å². The molecule has 140 valence electrons. The fraction of sp³-hybridized carbons (Fsp3) is 0.105. The fourth-order valence-electron chi connectivity index (χ4n) is 2.60. The minimum atomic E-state index is -0.177. The number of benzene rings is 1. The Balaban J connectivity index is 1.44. The van der Waals surface area contributed by atoms with E-state index in [0.717, 1.165) is 20.8 Å². The lowest BCUT2D eigenvalue weighted by Gasteiger charge is -1.99. The maximum atomic E-state index is 12.4. The molecule has 3 aromatic heterocycles. The van der Waals surface area contributed by atoms with E-state index < -0.39 is 0 Å². The summed E-state index contributed by atoms with van der Waals surface area (Å²) in [6.45, 7) is 1.46. The van der Waals surface area contributed by atoms with Gasteiger partial charge in [0.05, 0.1) is 22.3 Å². The zero-order chi connectivity index (χ0) is 19.5. The van der Waals surface area contributed by atoms with E-state index in [2.05, 4.69) is 25.6 Å². The van der Waals surface area contributed by atoms with Gasteiger partial charge < -0.3 is 10.6 Å². The number of carbonyl (C=O) groups is 2. The number of rotatable bonds is 5. The van der Waals surface area contributed by atoms with Crippen LogP contribution in [0.3, 0.4) is 0 Å². The number of aromatic nitrogens is 3. The minimum absolute atomic E-state index is 0.133. The molecule has 0 unspecified atom stereocenters. The summed E-state index contributed by atoms with van der Waals surface area (Å²) in [5.41, 5.74) is 3.10. The number of thiazole rings is 2. The van der Waals surface area contributed by atoms with Gasteiger partial charge in [-0.05, 0) is 30.3 Å². The van der Waals surface area contributed by atoms with Gasteiger partial charge in [0, 0.05) is 35.9 Å². The highest BCUT2D eigenvalue weighted by molar-refractivity contribution is 7.22. The first-order valence-corrected chi connectivity index (χ1v) is 10.1. The summed E-state index contributed by atoms with van der Waals surface area (Å²) in [7, 11) is 0. The molecule has 0 spiro atoms. The first kappa shape index (κ1) is 18.2. The summed E-state index contributed by atoms with van der Waals surface area (Å²) >= 11 is 2.84. The number of nitrogens with one attached hydrogen (secondary N) is 2. The third kappa shape index (κ3) is 4.21. The van der Waals surface area contributed by atoms with Crippen LogP contribution < -0.4 is 10.6 Å². The second-order valence-electron chi connectivity index (χ2n) is 5.99. The Hall–Kier alpha value is -3.17. The van der Waals surface area contributed by atoms with Crippen molar-refractivity contribution < 1.29 is 9.59 Å². The van der Waals surface area contributed by atoms with Gasteiger partial charge in [-0.1, -0.05) is 11.3 Å². The molecule has 0 saturated carbocycles. The monoisotopic (exact) mass is 409 g/mol. The predicted molar refractivity (Wildman–Crippen MR) is 112 cm³/mol. The van der Waals surface area contributed by atoms with Crippen molar-refractivity contribution in [1.29, 1.82) is 0 Å². The Morgan fingerprint density at radius 3 is 2.82 bits per heavy atom. The van der Waals surface area contributed by atoms with Gasteiger partial charge in [0.25, 0.3) is 0 Å². The van der Waals surface area contributed by atoms with E-state index >= 15 is 0 Å². The lowest BCUT2D eigenvalue weighted by atomic mass is 10.3. The molecule has 9 heteroatoms. The topological polar surface area (TPSA) is 96.9 Å². The van der Waals surface area contributed by atoms with Crippen LogP contribution >= 0.6 is 22.7 Å². The van der Waals surface area contributed by atoms with Crippen LogP contribution in [-0.2, 0) is 16.0 Å². The quantitative estimate of drug-likeness (QED) is 0.520. The molecule has 4 rings (SSSR count). The molecule has 0 aliphatic heterocycles. The van der Waals surface area contributed by atoms with Crippen LogP contribution in [0.25, 0.3) is 20.8 Å². The molecule has 7 nitrogen and oxygen atoms in total. The second-order valence-corrected chi connectivity index (χ2v) is 7.88. The van der Waals surface area contributed by atoms with E-state index in [1.807, 2.05) is 29.6 Å². The van der Waals surface area contributed by atoms with Gasteiger partial charge in [-0.2, -0.15) is 0 Å². The molecule has 2 N–H and O–H groups in total. The summed E-state index contributed by atoms with van der Waals surface area (Å²) in [4.78, 5) is 36.6. The number of anilines is 2. The number of fused-ring (bicyclic) bond motifs is 1. The zero-order valence-electron chi connectivity index (χ0n) is 14.8. The molecule has 0 atom stereocenters. The van der Waals surface area contributed by atoms with Crippen molar-refractivity contribution in [3.05, 3.63) is 53.8 Å². The Kier molecular flexibility index (Phi) is 5.09. The highest BCUT2D eigenvalue weighted by atomic mass is 32.1. The predicted octanol–water partition coefficient (Wildman–Crippen LogP) is 3.95. The van der Waals surface area contributed by atoms with Crippen molar-refractivity contribution in [2.24, 2.45) is 0 Å². The van der Waals surface area contributed by atoms with E-state index in [9.17, 15) is 9.59 Å². The van der Waals surface area contributed by atoms with Gasteiger partial charge in [-0.15, -0.1) is 11.3 Å². The number of amides is 2. The van der Waals surface area contributed by atoms with Crippen molar-refractivity contribution in [3.63, 3.8) is 0 Å². The number of hydrogen-bond donors (Lipinski definition) is 2. The van der Waals surface area contributed by atoms with Crippen LogP contribution in [-0.4, -0.2) is 26.8 Å². The molecule has 3 heterocycles. The van der Waals surface area contributed by atoms with Gasteiger partial charge in [0.2, 0.25) is 11.8 Å². The molecule has 0 radical (unpaired) electrons. The summed E-state index contributed by atoms with van der Waals surface area (Å²) in [6.07, 6.45) is 3.63. The molecule has 0 bridgehead atoms. The molecule has 4 aromatic rings. The molecule has 0 saturated heterocycles. The zero-order valence-corrected chi connectivity index (χ0v) is 16.4. The third-order valence-corrected chi connectivity index (χ3v) is 5.63. The van der Waals surface area contributed by atoms with Gasteiger partial charge in [-0.25, -0.2) is 9.97 Å². The van der Waals surface area contributed by atoms with Crippen molar-refractivity contribution in [2.45, 2.75) is 13.3 Å². The fourth-order valence-corrected chi connectivity index (χ4v) is 4.33. The molecular formula is C19H15N5O2S2. The lowest BCUT2D eigenvalue weighted by molar-refractivity contribution is -0.116. The molecule has 28 heavy (non-hydrogen) atoms. The first-order chi connectivity index (χ1) is 13.6. The summed E-state index contributed by atoms with van der Waals surface area (Å²) < 4.78 is 0.883. The normalized spacial score (nSPS) is 10.8. The summed E-state index contributed by atoms with van der Waals surface area (Å²) in [5, 5.41) is 8.78. The highest BCUT2D eigenvalue weighted by Crippen LogP contribution is 2.29.